The van der Waals surface area contributed by atoms with Crippen LogP contribution in [-0.4, -0.2) is 9.97 Å². The highest BCUT2D eigenvalue weighted by Gasteiger charge is 2.04. The van der Waals surface area contributed by atoms with Crippen LogP contribution in [0.3, 0.4) is 0 Å². The van der Waals surface area contributed by atoms with Crippen molar-refractivity contribution in [2.24, 2.45) is 0 Å². The second-order valence-corrected chi connectivity index (χ2v) is 3.12. The SMILES string of the molecule is CCc1ncc(C(C)C)c(=O)[nH]1. The summed E-state index contributed by atoms with van der Waals surface area (Å²) in [6.07, 6.45) is 2.44. The molecule has 1 aromatic heterocycles. The van der Waals surface area contributed by atoms with Crippen LogP contribution >= 0.6 is 0 Å². The van der Waals surface area contributed by atoms with E-state index in [2.05, 4.69) is 9.97 Å². The van der Waals surface area contributed by atoms with E-state index in [1.807, 2.05) is 20.8 Å². The van der Waals surface area contributed by atoms with Gasteiger partial charge in [0.25, 0.3) is 5.56 Å². The lowest BCUT2D eigenvalue weighted by Crippen LogP contribution is -2.16. The molecular formula is C9H14N2O. The van der Waals surface area contributed by atoms with Crippen LogP contribution in [0.2, 0.25) is 0 Å². The van der Waals surface area contributed by atoms with Crippen LogP contribution in [0.15, 0.2) is 11.0 Å². The van der Waals surface area contributed by atoms with Crippen molar-refractivity contribution in [3.8, 4) is 0 Å². The molecule has 3 nitrogen and oxygen atoms in total. The van der Waals surface area contributed by atoms with Crippen LogP contribution < -0.4 is 5.56 Å². The van der Waals surface area contributed by atoms with Gasteiger partial charge in [0, 0.05) is 18.2 Å². The number of H-pyrrole nitrogens is 1. The predicted octanol–water partition coefficient (Wildman–Crippen LogP) is 1.46. The van der Waals surface area contributed by atoms with Crippen LogP contribution in [-0.2, 0) is 6.42 Å². The van der Waals surface area contributed by atoms with Crippen molar-refractivity contribution in [3.05, 3.63) is 27.9 Å². The molecule has 0 atom stereocenters. The first kappa shape index (κ1) is 8.97. The zero-order valence-electron chi connectivity index (χ0n) is 7.72. The zero-order valence-corrected chi connectivity index (χ0v) is 7.72. The third kappa shape index (κ3) is 1.72. The molecule has 0 bridgehead atoms. The van der Waals surface area contributed by atoms with Gasteiger partial charge in [0.05, 0.1) is 0 Å². The summed E-state index contributed by atoms with van der Waals surface area (Å²) in [6.45, 7) is 5.93. The highest BCUT2D eigenvalue weighted by molar-refractivity contribution is 5.09. The zero-order chi connectivity index (χ0) is 9.14. The molecule has 0 aliphatic rings. The standard InChI is InChI=1S/C9H14N2O/c1-4-8-10-5-7(6(2)3)9(12)11-8/h5-6H,4H2,1-3H3,(H,10,11,12). The number of rotatable bonds is 2. The molecule has 1 rings (SSSR count). The predicted molar refractivity (Wildman–Crippen MR) is 48.3 cm³/mol. The van der Waals surface area contributed by atoms with Crippen LogP contribution in [0.5, 0.6) is 0 Å². The van der Waals surface area contributed by atoms with E-state index >= 15 is 0 Å². The number of aromatic nitrogens is 2. The average molecular weight is 166 g/mol. The lowest BCUT2D eigenvalue weighted by Gasteiger charge is -2.03. The topological polar surface area (TPSA) is 45.8 Å². The molecule has 1 aromatic rings. The van der Waals surface area contributed by atoms with Crippen LogP contribution in [0, 0.1) is 0 Å². The second-order valence-electron chi connectivity index (χ2n) is 3.12. The molecule has 0 aromatic carbocycles. The number of aromatic amines is 1. The van der Waals surface area contributed by atoms with Gasteiger partial charge in [0.1, 0.15) is 5.82 Å². The molecule has 0 saturated heterocycles. The number of hydrogen-bond acceptors (Lipinski definition) is 2. The third-order valence-electron chi connectivity index (χ3n) is 1.84. The second kappa shape index (κ2) is 3.52. The van der Waals surface area contributed by atoms with Crippen molar-refractivity contribution >= 4 is 0 Å². The summed E-state index contributed by atoms with van der Waals surface area (Å²) < 4.78 is 0. The summed E-state index contributed by atoms with van der Waals surface area (Å²) in [4.78, 5) is 18.2. The molecule has 12 heavy (non-hydrogen) atoms. The monoisotopic (exact) mass is 166 g/mol. The van der Waals surface area contributed by atoms with E-state index in [9.17, 15) is 4.79 Å². The van der Waals surface area contributed by atoms with Gasteiger partial charge in [-0.1, -0.05) is 20.8 Å². The Labute approximate surface area is 71.9 Å². The molecule has 0 fully saturated rings. The van der Waals surface area contributed by atoms with Crippen molar-refractivity contribution in [1.29, 1.82) is 0 Å². The normalized spacial score (nSPS) is 10.7. The first-order chi connectivity index (χ1) is 5.65. The maximum atomic E-state index is 11.3. The quantitative estimate of drug-likeness (QED) is 0.722. The molecule has 0 aliphatic heterocycles. The van der Waals surface area contributed by atoms with E-state index in [0.29, 0.717) is 0 Å². The third-order valence-corrected chi connectivity index (χ3v) is 1.84. The Balaban J connectivity index is 3.12. The highest BCUT2D eigenvalue weighted by atomic mass is 16.1. The summed E-state index contributed by atoms with van der Waals surface area (Å²) in [5, 5.41) is 0. The first-order valence-electron chi connectivity index (χ1n) is 4.23. The molecule has 0 saturated carbocycles. The minimum atomic E-state index is -0.00292. The van der Waals surface area contributed by atoms with Gasteiger partial charge in [-0.05, 0) is 5.92 Å². The molecule has 3 heteroatoms. The molecule has 0 spiro atoms. The summed E-state index contributed by atoms with van der Waals surface area (Å²) >= 11 is 0. The van der Waals surface area contributed by atoms with Crippen molar-refractivity contribution in [3.63, 3.8) is 0 Å². The Bertz CT molecular complexity index is 315. The lowest BCUT2D eigenvalue weighted by atomic mass is 10.1. The molecular weight excluding hydrogens is 152 g/mol. The average Bonchev–Trinajstić information content (AvgIpc) is 2.03. The van der Waals surface area contributed by atoms with Crippen molar-refractivity contribution in [2.45, 2.75) is 33.1 Å². The van der Waals surface area contributed by atoms with Crippen molar-refractivity contribution < 1.29 is 0 Å². The Hall–Kier alpha value is -1.12. The van der Waals surface area contributed by atoms with E-state index in [0.717, 1.165) is 17.8 Å². The molecule has 0 amide bonds. The molecule has 66 valence electrons. The smallest absolute Gasteiger partial charge is 0.254 e. The molecule has 1 heterocycles. The van der Waals surface area contributed by atoms with Gasteiger partial charge in [-0.3, -0.25) is 4.79 Å². The first-order valence-corrected chi connectivity index (χ1v) is 4.23. The number of nitrogens with zero attached hydrogens (tertiary/aromatic N) is 1. The van der Waals surface area contributed by atoms with Gasteiger partial charge < -0.3 is 4.98 Å². The minimum absolute atomic E-state index is 0.00292. The summed E-state index contributed by atoms with van der Waals surface area (Å²) in [6, 6.07) is 0. The number of aryl methyl sites for hydroxylation is 1. The maximum Gasteiger partial charge on any atom is 0.254 e. The largest absolute Gasteiger partial charge is 0.310 e. The van der Waals surface area contributed by atoms with Crippen LogP contribution in [0.1, 0.15) is 38.1 Å². The number of nitrogens with one attached hydrogen (secondary N) is 1. The fraction of sp³-hybridized carbons (Fsp3) is 0.556. The van der Waals surface area contributed by atoms with Crippen LogP contribution in [0.25, 0.3) is 0 Å². The Morgan fingerprint density at radius 3 is 2.67 bits per heavy atom. The van der Waals surface area contributed by atoms with E-state index in [-0.39, 0.29) is 11.5 Å². The Morgan fingerprint density at radius 2 is 2.25 bits per heavy atom. The molecule has 0 radical (unpaired) electrons. The summed E-state index contributed by atoms with van der Waals surface area (Å²) in [7, 11) is 0. The minimum Gasteiger partial charge on any atom is -0.310 e. The van der Waals surface area contributed by atoms with Gasteiger partial charge in [-0.25, -0.2) is 4.98 Å². The Morgan fingerprint density at radius 1 is 1.58 bits per heavy atom. The van der Waals surface area contributed by atoms with Gasteiger partial charge in [-0.15, -0.1) is 0 Å². The van der Waals surface area contributed by atoms with E-state index in [1.54, 1.807) is 6.20 Å². The Kier molecular flexibility index (Phi) is 2.63. The highest BCUT2D eigenvalue weighted by Crippen LogP contribution is 2.06. The van der Waals surface area contributed by atoms with Crippen molar-refractivity contribution in [1.82, 2.24) is 9.97 Å². The van der Waals surface area contributed by atoms with Gasteiger partial charge in [0.15, 0.2) is 0 Å². The van der Waals surface area contributed by atoms with Crippen molar-refractivity contribution in [2.75, 3.05) is 0 Å². The van der Waals surface area contributed by atoms with Crippen LogP contribution in [0.4, 0.5) is 0 Å². The maximum absolute atomic E-state index is 11.3. The van der Waals surface area contributed by atoms with Gasteiger partial charge in [-0.2, -0.15) is 0 Å². The van der Waals surface area contributed by atoms with E-state index in [4.69, 9.17) is 0 Å². The molecule has 0 aliphatic carbocycles. The summed E-state index contributed by atoms with van der Waals surface area (Å²) in [5.74, 6) is 0.997. The fourth-order valence-electron chi connectivity index (χ4n) is 1.03. The van der Waals surface area contributed by atoms with E-state index < -0.39 is 0 Å². The number of hydrogen-bond donors (Lipinski definition) is 1. The van der Waals surface area contributed by atoms with Gasteiger partial charge >= 0.3 is 0 Å². The van der Waals surface area contributed by atoms with Gasteiger partial charge in [0.2, 0.25) is 0 Å². The summed E-state index contributed by atoms with van der Waals surface area (Å²) in [5.41, 5.74) is 0.754. The van der Waals surface area contributed by atoms with E-state index in [1.165, 1.54) is 0 Å². The molecule has 0 unspecified atom stereocenters. The molecule has 1 N–H and O–H groups in total. The fourth-order valence-corrected chi connectivity index (χ4v) is 1.03. The lowest BCUT2D eigenvalue weighted by molar-refractivity contribution is 0.806.